The zero-order chi connectivity index (χ0) is 25.2. The Morgan fingerprint density at radius 1 is 0.639 bits per heavy atom. The number of hydrogen-bond acceptors (Lipinski definition) is 5. The molecule has 0 aliphatic carbocycles. The second-order valence-corrected chi connectivity index (χ2v) is 8.02. The van der Waals surface area contributed by atoms with E-state index in [0.29, 0.717) is 41.8 Å². The summed E-state index contributed by atoms with van der Waals surface area (Å²) in [5.41, 5.74) is 3.43. The fraction of sp³-hybridized carbons (Fsp3) is 0.129. The lowest BCUT2D eigenvalue weighted by molar-refractivity contribution is 0.104. The van der Waals surface area contributed by atoms with E-state index in [2.05, 4.69) is 0 Å². The molecule has 36 heavy (non-hydrogen) atoms. The van der Waals surface area contributed by atoms with E-state index in [1.165, 1.54) is 6.08 Å². The summed E-state index contributed by atoms with van der Waals surface area (Å²) in [7, 11) is 3.16. The molecular weight excluding hydrogens is 452 g/mol. The van der Waals surface area contributed by atoms with Crippen LogP contribution >= 0.6 is 0 Å². The van der Waals surface area contributed by atoms with Crippen LogP contribution in [0.15, 0.2) is 103 Å². The Balaban J connectivity index is 1.44. The van der Waals surface area contributed by atoms with Gasteiger partial charge in [0.15, 0.2) is 28.8 Å². The lowest BCUT2D eigenvalue weighted by atomic mass is 10.1. The summed E-state index contributed by atoms with van der Waals surface area (Å²) < 4.78 is 22.7. The molecule has 4 aromatic carbocycles. The van der Waals surface area contributed by atoms with Crippen molar-refractivity contribution in [1.82, 2.24) is 0 Å². The number of hydrogen-bond donors (Lipinski definition) is 0. The van der Waals surface area contributed by atoms with Crippen LogP contribution in [0.4, 0.5) is 0 Å². The molecular formula is C31H28O5. The molecule has 5 heteroatoms. The van der Waals surface area contributed by atoms with Crippen LogP contribution in [0.1, 0.15) is 27.0 Å². The normalized spacial score (nSPS) is 10.7. The predicted octanol–water partition coefficient (Wildman–Crippen LogP) is 6.76. The van der Waals surface area contributed by atoms with Gasteiger partial charge in [0.1, 0.15) is 13.2 Å². The minimum Gasteiger partial charge on any atom is -0.493 e. The van der Waals surface area contributed by atoms with Crippen LogP contribution in [-0.2, 0) is 13.2 Å². The van der Waals surface area contributed by atoms with Gasteiger partial charge in [-0.3, -0.25) is 4.79 Å². The molecule has 0 bridgehead atoms. The molecule has 0 fully saturated rings. The first-order valence-corrected chi connectivity index (χ1v) is 11.6. The average Bonchev–Trinajstić information content (AvgIpc) is 2.94. The molecule has 0 saturated carbocycles. The summed E-state index contributed by atoms with van der Waals surface area (Å²) in [5, 5.41) is 0. The Kier molecular flexibility index (Phi) is 8.39. The smallest absolute Gasteiger partial charge is 0.185 e. The molecule has 0 N–H and O–H groups in total. The van der Waals surface area contributed by atoms with Crippen LogP contribution in [0.2, 0.25) is 0 Å². The molecule has 0 aromatic heterocycles. The molecule has 0 saturated heterocycles. The van der Waals surface area contributed by atoms with E-state index in [1.807, 2.05) is 78.9 Å². The summed E-state index contributed by atoms with van der Waals surface area (Å²) in [6.07, 6.45) is 3.28. The highest BCUT2D eigenvalue weighted by Crippen LogP contribution is 2.31. The number of carbonyl (C=O) groups is 1. The zero-order valence-electron chi connectivity index (χ0n) is 20.3. The van der Waals surface area contributed by atoms with Crippen molar-refractivity contribution < 1.29 is 23.7 Å². The maximum atomic E-state index is 12.9. The standard InChI is InChI=1S/C31H28O5/c1-33-28-17-14-23(19-31(28)36-22-25-11-7-4-8-12-25)13-16-27(32)26-15-18-29(30(20-26)34-2)35-21-24-9-5-3-6-10-24/h3-20H,21-22H2,1-2H3. The Bertz CT molecular complexity index is 1310. The van der Waals surface area contributed by atoms with Gasteiger partial charge in [0.05, 0.1) is 14.2 Å². The first-order chi connectivity index (χ1) is 17.7. The molecule has 4 aromatic rings. The monoisotopic (exact) mass is 480 g/mol. The summed E-state index contributed by atoms with van der Waals surface area (Å²) in [6, 6.07) is 30.5. The van der Waals surface area contributed by atoms with Gasteiger partial charge >= 0.3 is 0 Å². The van der Waals surface area contributed by atoms with Crippen molar-refractivity contribution >= 4 is 11.9 Å². The van der Waals surface area contributed by atoms with Crippen molar-refractivity contribution in [3.05, 3.63) is 125 Å². The Morgan fingerprint density at radius 2 is 1.22 bits per heavy atom. The number of ketones is 1. The quantitative estimate of drug-likeness (QED) is 0.175. The lowest BCUT2D eigenvalue weighted by Crippen LogP contribution is -2.00. The maximum absolute atomic E-state index is 12.9. The van der Waals surface area contributed by atoms with E-state index in [0.717, 1.165) is 16.7 Å². The fourth-order valence-electron chi connectivity index (χ4n) is 3.59. The van der Waals surface area contributed by atoms with E-state index in [1.54, 1.807) is 38.5 Å². The van der Waals surface area contributed by atoms with Gasteiger partial charge in [-0.25, -0.2) is 0 Å². The van der Waals surface area contributed by atoms with Crippen LogP contribution in [0.3, 0.4) is 0 Å². The van der Waals surface area contributed by atoms with Gasteiger partial charge in [0.25, 0.3) is 0 Å². The van der Waals surface area contributed by atoms with Crippen LogP contribution < -0.4 is 18.9 Å². The third kappa shape index (κ3) is 6.54. The number of benzene rings is 4. The van der Waals surface area contributed by atoms with Crippen LogP contribution in [0.5, 0.6) is 23.0 Å². The van der Waals surface area contributed by atoms with Crippen molar-refractivity contribution in [3.63, 3.8) is 0 Å². The summed E-state index contributed by atoms with van der Waals surface area (Å²) in [4.78, 5) is 12.9. The van der Waals surface area contributed by atoms with Crippen LogP contribution in [-0.4, -0.2) is 20.0 Å². The highest BCUT2D eigenvalue weighted by atomic mass is 16.5. The molecule has 0 radical (unpaired) electrons. The lowest BCUT2D eigenvalue weighted by Gasteiger charge is -2.12. The summed E-state index contributed by atoms with van der Waals surface area (Å²) in [6.45, 7) is 0.832. The van der Waals surface area contributed by atoms with E-state index < -0.39 is 0 Å². The molecule has 0 aliphatic heterocycles. The molecule has 0 unspecified atom stereocenters. The minimum absolute atomic E-state index is 0.148. The number of rotatable bonds is 11. The van der Waals surface area contributed by atoms with Crippen LogP contribution in [0.25, 0.3) is 6.08 Å². The van der Waals surface area contributed by atoms with E-state index in [-0.39, 0.29) is 5.78 Å². The molecule has 0 aliphatic rings. The Morgan fingerprint density at radius 3 is 1.83 bits per heavy atom. The Labute approximate surface area is 211 Å². The van der Waals surface area contributed by atoms with Gasteiger partial charge in [0, 0.05) is 5.56 Å². The highest BCUT2D eigenvalue weighted by molar-refractivity contribution is 6.07. The third-order valence-electron chi connectivity index (χ3n) is 5.54. The minimum atomic E-state index is -0.148. The molecule has 4 rings (SSSR count). The zero-order valence-corrected chi connectivity index (χ0v) is 20.3. The van der Waals surface area contributed by atoms with Crippen molar-refractivity contribution in [2.24, 2.45) is 0 Å². The number of allylic oxidation sites excluding steroid dienone is 1. The second kappa shape index (κ2) is 12.3. The van der Waals surface area contributed by atoms with Gasteiger partial charge < -0.3 is 18.9 Å². The predicted molar refractivity (Wildman–Crippen MR) is 141 cm³/mol. The molecule has 0 atom stereocenters. The van der Waals surface area contributed by atoms with Gasteiger partial charge in [-0.05, 0) is 53.1 Å². The van der Waals surface area contributed by atoms with Crippen molar-refractivity contribution in [3.8, 4) is 23.0 Å². The van der Waals surface area contributed by atoms with Crippen molar-refractivity contribution in [2.45, 2.75) is 13.2 Å². The number of methoxy groups -OCH3 is 2. The summed E-state index contributed by atoms with van der Waals surface area (Å²) in [5.74, 6) is 2.18. The number of carbonyl (C=O) groups excluding carboxylic acids is 1. The third-order valence-corrected chi connectivity index (χ3v) is 5.54. The van der Waals surface area contributed by atoms with Gasteiger partial charge in [0.2, 0.25) is 0 Å². The topological polar surface area (TPSA) is 54.0 Å². The first kappa shape index (κ1) is 24.6. The molecule has 0 amide bonds. The Hall–Kier alpha value is -4.51. The summed E-state index contributed by atoms with van der Waals surface area (Å²) >= 11 is 0. The highest BCUT2D eigenvalue weighted by Gasteiger charge is 2.11. The fourth-order valence-corrected chi connectivity index (χ4v) is 3.59. The van der Waals surface area contributed by atoms with Crippen molar-refractivity contribution in [2.75, 3.05) is 14.2 Å². The van der Waals surface area contributed by atoms with Gasteiger partial charge in [-0.1, -0.05) is 72.8 Å². The molecule has 182 valence electrons. The van der Waals surface area contributed by atoms with E-state index in [4.69, 9.17) is 18.9 Å². The average molecular weight is 481 g/mol. The van der Waals surface area contributed by atoms with Crippen LogP contribution in [0, 0.1) is 0 Å². The SMILES string of the molecule is COc1cc(C(=O)C=Cc2ccc(OC)c(OCc3ccccc3)c2)ccc1OCc1ccccc1. The van der Waals surface area contributed by atoms with E-state index in [9.17, 15) is 4.79 Å². The second-order valence-electron chi connectivity index (χ2n) is 8.02. The molecule has 5 nitrogen and oxygen atoms in total. The van der Waals surface area contributed by atoms with Crippen molar-refractivity contribution in [1.29, 1.82) is 0 Å². The molecule has 0 spiro atoms. The van der Waals surface area contributed by atoms with Gasteiger partial charge in [-0.15, -0.1) is 0 Å². The number of ether oxygens (including phenoxy) is 4. The molecule has 0 heterocycles. The maximum Gasteiger partial charge on any atom is 0.185 e. The van der Waals surface area contributed by atoms with E-state index >= 15 is 0 Å². The first-order valence-electron chi connectivity index (χ1n) is 11.6. The largest absolute Gasteiger partial charge is 0.493 e. The van der Waals surface area contributed by atoms with Gasteiger partial charge in [-0.2, -0.15) is 0 Å².